The highest BCUT2D eigenvalue weighted by molar-refractivity contribution is 7.89. The van der Waals surface area contributed by atoms with E-state index in [4.69, 9.17) is 11.6 Å². The molecule has 1 aliphatic heterocycles. The maximum Gasteiger partial charge on any atom is 0.243 e. The molecule has 0 aromatic heterocycles. The van der Waals surface area contributed by atoms with Crippen molar-refractivity contribution in [3.05, 3.63) is 29.3 Å². The van der Waals surface area contributed by atoms with Crippen molar-refractivity contribution in [3.63, 3.8) is 0 Å². The first-order valence-corrected chi connectivity index (χ1v) is 9.80. The first-order valence-electron chi connectivity index (χ1n) is 7.99. The summed E-state index contributed by atoms with van der Waals surface area (Å²) in [6.45, 7) is 2.11. The van der Waals surface area contributed by atoms with Crippen LogP contribution in [0.5, 0.6) is 0 Å². The molecule has 2 rings (SSSR count). The van der Waals surface area contributed by atoms with Gasteiger partial charge < -0.3 is 10.2 Å². The van der Waals surface area contributed by atoms with Gasteiger partial charge in [-0.05, 0) is 51.2 Å². The van der Waals surface area contributed by atoms with Crippen LogP contribution in [-0.4, -0.2) is 63.8 Å². The number of benzene rings is 1. The van der Waals surface area contributed by atoms with Crippen molar-refractivity contribution in [2.45, 2.75) is 17.7 Å². The number of hydrogen-bond acceptors (Lipinski definition) is 4. The second-order valence-corrected chi connectivity index (χ2v) is 8.60. The summed E-state index contributed by atoms with van der Waals surface area (Å²) in [5, 5.41) is 3.41. The molecule has 24 heavy (non-hydrogen) atoms. The van der Waals surface area contributed by atoms with Gasteiger partial charge in [-0.2, -0.15) is 4.31 Å². The highest BCUT2D eigenvalue weighted by Gasteiger charge is 2.31. The molecular formula is C16H24ClN3O3S. The van der Waals surface area contributed by atoms with Crippen LogP contribution in [0.1, 0.15) is 12.8 Å². The van der Waals surface area contributed by atoms with Gasteiger partial charge in [0.25, 0.3) is 0 Å². The molecule has 0 bridgehead atoms. The summed E-state index contributed by atoms with van der Waals surface area (Å²) in [5.74, 6) is -0.107. The van der Waals surface area contributed by atoms with Crippen molar-refractivity contribution in [3.8, 4) is 0 Å². The topological polar surface area (TPSA) is 69.7 Å². The lowest BCUT2D eigenvalue weighted by molar-refractivity contribution is -0.126. The van der Waals surface area contributed by atoms with Gasteiger partial charge in [-0.25, -0.2) is 8.42 Å². The lowest BCUT2D eigenvalue weighted by Crippen LogP contribution is -2.43. The number of nitrogens with zero attached hydrogens (tertiary/aromatic N) is 2. The van der Waals surface area contributed by atoms with Crippen LogP contribution in [0.25, 0.3) is 0 Å². The highest BCUT2D eigenvalue weighted by atomic mass is 35.5. The number of likely N-dealkylation sites (N-methyl/N-ethyl adjacent to an activating group) is 1. The molecule has 1 aliphatic rings. The standard InChI is InChI=1S/C16H24ClN3O3S/c1-19(2)12-9-18-16(21)13-7-10-20(11-8-13)24(22,23)15-5-3-14(17)4-6-15/h3-6,13H,7-12H2,1-2H3,(H,18,21). The smallest absolute Gasteiger partial charge is 0.243 e. The van der Waals surface area contributed by atoms with Crippen molar-refractivity contribution >= 4 is 27.5 Å². The summed E-state index contributed by atoms with van der Waals surface area (Å²) < 4.78 is 26.6. The van der Waals surface area contributed by atoms with Crippen LogP contribution >= 0.6 is 11.6 Å². The van der Waals surface area contributed by atoms with E-state index in [0.717, 1.165) is 6.54 Å². The molecular weight excluding hydrogens is 350 g/mol. The summed E-state index contributed by atoms with van der Waals surface area (Å²) >= 11 is 5.81. The second-order valence-electron chi connectivity index (χ2n) is 6.23. The molecule has 1 aromatic carbocycles. The van der Waals surface area contributed by atoms with Gasteiger partial charge >= 0.3 is 0 Å². The predicted molar refractivity (Wildman–Crippen MR) is 94.5 cm³/mol. The van der Waals surface area contributed by atoms with E-state index in [1.54, 1.807) is 12.1 Å². The Balaban J connectivity index is 1.90. The van der Waals surface area contributed by atoms with Gasteiger partial charge in [0, 0.05) is 37.1 Å². The molecule has 0 spiro atoms. The largest absolute Gasteiger partial charge is 0.355 e. The van der Waals surface area contributed by atoms with Crippen molar-refractivity contribution < 1.29 is 13.2 Å². The Kier molecular flexibility index (Phi) is 6.62. The molecule has 0 aliphatic carbocycles. The van der Waals surface area contributed by atoms with Gasteiger partial charge in [0.05, 0.1) is 4.90 Å². The lowest BCUT2D eigenvalue weighted by atomic mass is 9.97. The third-order valence-electron chi connectivity index (χ3n) is 4.13. The Labute approximate surface area is 148 Å². The van der Waals surface area contributed by atoms with E-state index in [9.17, 15) is 13.2 Å². The summed E-state index contributed by atoms with van der Waals surface area (Å²) in [6.07, 6.45) is 1.08. The maximum atomic E-state index is 12.6. The van der Waals surface area contributed by atoms with Crippen LogP contribution < -0.4 is 5.32 Å². The molecule has 1 aromatic rings. The summed E-state index contributed by atoms with van der Waals surface area (Å²) in [4.78, 5) is 14.4. The minimum Gasteiger partial charge on any atom is -0.355 e. The van der Waals surface area contributed by atoms with Gasteiger partial charge in [-0.3, -0.25) is 4.79 Å². The fourth-order valence-corrected chi connectivity index (χ4v) is 4.26. The molecule has 8 heteroatoms. The number of amides is 1. The molecule has 0 atom stereocenters. The summed E-state index contributed by atoms with van der Waals surface area (Å²) in [5.41, 5.74) is 0. The Bertz CT molecular complexity index is 654. The average molecular weight is 374 g/mol. The third-order valence-corrected chi connectivity index (χ3v) is 6.30. The quantitative estimate of drug-likeness (QED) is 0.818. The Morgan fingerprint density at radius 2 is 1.83 bits per heavy atom. The van der Waals surface area contributed by atoms with E-state index >= 15 is 0 Å². The molecule has 1 saturated heterocycles. The van der Waals surface area contributed by atoms with Crippen LogP contribution in [0.4, 0.5) is 0 Å². The highest BCUT2D eigenvalue weighted by Crippen LogP contribution is 2.24. The Hall–Kier alpha value is -1.15. The summed E-state index contributed by atoms with van der Waals surface area (Å²) in [7, 11) is 0.382. The molecule has 134 valence electrons. The lowest BCUT2D eigenvalue weighted by Gasteiger charge is -2.30. The molecule has 1 N–H and O–H groups in total. The van der Waals surface area contributed by atoms with E-state index in [0.29, 0.717) is 37.5 Å². The number of halogens is 1. The van der Waals surface area contributed by atoms with E-state index < -0.39 is 10.0 Å². The Morgan fingerprint density at radius 1 is 1.25 bits per heavy atom. The first-order chi connectivity index (χ1) is 11.3. The minimum absolute atomic E-state index is 0.0143. The van der Waals surface area contributed by atoms with Crippen LogP contribution in [0.15, 0.2) is 29.2 Å². The van der Waals surface area contributed by atoms with Crippen molar-refractivity contribution in [2.75, 3.05) is 40.3 Å². The first kappa shape index (κ1) is 19.2. The van der Waals surface area contributed by atoms with Gasteiger partial charge in [-0.1, -0.05) is 11.6 Å². The normalized spacial score (nSPS) is 17.2. The zero-order valence-corrected chi connectivity index (χ0v) is 15.6. The number of piperidine rings is 1. The van der Waals surface area contributed by atoms with Crippen LogP contribution in [0.3, 0.4) is 0 Å². The number of hydrogen-bond donors (Lipinski definition) is 1. The van der Waals surface area contributed by atoms with E-state index in [2.05, 4.69) is 5.32 Å². The zero-order chi connectivity index (χ0) is 17.7. The predicted octanol–water partition coefficient (Wildman–Crippen LogP) is 1.42. The number of sulfonamides is 1. The van der Waals surface area contributed by atoms with E-state index in [1.807, 2.05) is 19.0 Å². The fourth-order valence-electron chi connectivity index (χ4n) is 2.66. The monoisotopic (exact) mass is 373 g/mol. The number of carbonyl (C=O) groups excluding carboxylic acids is 1. The van der Waals surface area contributed by atoms with Crippen molar-refractivity contribution in [2.24, 2.45) is 5.92 Å². The van der Waals surface area contributed by atoms with Gasteiger partial charge in [0.15, 0.2) is 0 Å². The molecule has 1 fully saturated rings. The average Bonchev–Trinajstić information content (AvgIpc) is 2.55. The molecule has 1 amide bonds. The van der Waals surface area contributed by atoms with Crippen LogP contribution in [-0.2, 0) is 14.8 Å². The molecule has 0 radical (unpaired) electrons. The third kappa shape index (κ3) is 4.92. The Morgan fingerprint density at radius 3 is 2.38 bits per heavy atom. The van der Waals surface area contributed by atoms with Crippen LogP contribution in [0.2, 0.25) is 5.02 Å². The van der Waals surface area contributed by atoms with E-state index in [-0.39, 0.29) is 16.7 Å². The van der Waals surface area contributed by atoms with Crippen molar-refractivity contribution in [1.29, 1.82) is 0 Å². The van der Waals surface area contributed by atoms with Crippen LogP contribution in [0, 0.1) is 5.92 Å². The van der Waals surface area contributed by atoms with Gasteiger partial charge in [0.1, 0.15) is 0 Å². The van der Waals surface area contributed by atoms with Gasteiger partial charge in [-0.15, -0.1) is 0 Å². The zero-order valence-electron chi connectivity index (χ0n) is 14.0. The second kappa shape index (κ2) is 8.29. The van der Waals surface area contributed by atoms with E-state index in [1.165, 1.54) is 16.4 Å². The van der Waals surface area contributed by atoms with Crippen molar-refractivity contribution in [1.82, 2.24) is 14.5 Å². The minimum atomic E-state index is -3.52. The number of carbonyl (C=O) groups is 1. The summed E-state index contributed by atoms with van der Waals surface area (Å²) in [6, 6.07) is 6.16. The number of rotatable bonds is 6. The SMILES string of the molecule is CN(C)CCNC(=O)C1CCN(S(=O)(=O)c2ccc(Cl)cc2)CC1. The fraction of sp³-hybridized carbons (Fsp3) is 0.562. The molecule has 1 heterocycles. The number of nitrogens with one attached hydrogen (secondary N) is 1. The maximum absolute atomic E-state index is 12.6. The molecule has 0 saturated carbocycles. The molecule has 0 unspecified atom stereocenters. The molecule has 6 nitrogen and oxygen atoms in total. The van der Waals surface area contributed by atoms with Gasteiger partial charge in [0.2, 0.25) is 15.9 Å².